The van der Waals surface area contributed by atoms with E-state index in [2.05, 4.69) is 5.32 Å². The Kier molecular flexibility index (Phi) is 3.92. The zero-order valence-electron chi connectivity index (χ0n) is 8.66. The van der Waals surface area contributed by atoms with Gasteiger partial charge in [0.15, 0.2) is 0 Å². The minimum atomic E-state index is -0.379. The second kappa shape index (κ2) is 4.98. The molecule has 0 spiro atoms. The van der Waals surface area contributed by atoms with Gasteiger partial charge in [-0.2, -0.15) is 0 Å². The first-order chi connectivity index (χ1) is 6.70. The Morgan fingerprint density at radius 3 is 2.50 bits per heavy atom. The van der Waals surface area contributed by atoms with Gasteiger partial charge in [0.25, 0.3) is 0 Å². The van der Waals surface area contributed by atoms with Crippen molar-refractivity contribution in [3.8, 4) is 5.75 Å². The molecule has 0 amide bonds. The van der Waals surface area contributed by atoms with Crippen molar-refractivity contribution in [2.45, 2.75) is 12.5 Å². The van der Waals surface area contributed by atoms with Crippen molar-refractivity contribution in [2.24, 2.45) is 0 Å². The molecule has 78 valence electrons. The van der Waals surface area contributed by atoms with E-state index in [0.29, 0.717) is 6.61 Å². The summed E-state index contributed by atoms with van der Waals surface area (Å²) in [6, 6.07) is 9.58. The smallest absolute Gasteiger partial charge is 0.119 e. The first kappa shape index (κ1) is 11.0. The molecule has 1 unspecified atom stereocenters. The third kappa shape index (κ3) is 3.01. The summed E-state index contributed by atoms with van der Waals surface area (Å²) < 4.78 is 5.53. The summed E-state index contributed by atoms with van der Waals surface area (Å²) in [5, 5.41) is 12.1. The lowest BCUT2D eigenvalue weighted by molar-refractivity contribution is 0.122. The van der Waals surface area contributed by atoms with Crippen LogP contribution in [0.5, 0.6) is 5.75 Å². The van der Waals surface area contributed by atoms with Crippen LogP contribution in [-0.4, -0.2) is 30.9 Å². The van der Waals surface area contributed by atoms with E-state index in [1.165, 1.54) is 0 Å². The van der Waals surface area contributed by atoms with Crippen LogP contribution in [0.4, 0.5) is 0 Å². The number of aliphatic hydroxyl groups is 1. The molecule has 1 rings (SSSR count). The second-order valence-corrected chi connectivity index (χ2v) is 3.57. The van der Waals surface area contributed by atoms with Gasteiger partial charge in [-0.25, -0.2) is 0 Å². The highest BCUT2D eigenvalue weighted by atomic mass is 16.5. The van der Waals surface area contributed by atoms with Crippen molar-refractivity contribution >= 4 is 0 Å². The van der Waals surface area contributed by atoms with Gasteiger partial charge < -0.3 is 15.2 Å². The molecule has 0 bridgehead atoms. The Hall–Kier alpha value is -1.06. The van der Waals surface area contributed by atoms with Crippen molar-refractivity contribution in [3.63, 3.8) is 0 Å². The van der Waals surface area contributed by atoms with Gasteiger partial charge in [-0.15, -0.1) is 0 Å². The molecule has 2 N–H and O–H groups in total. The molecular formula is C11H17NO2. The number of likely N-dealkylation sites (N-methyl/N-ethyl adjacent to an activating group) is 1. The van der Waals surface area contributed by atoms with E-state index in [0.717, 1.165) is 5.75 Å². The molecule has 0 saturated carbocycles. The molecule has 0 heterocycles. The zero-order valence-corrected chi connectivity index (χ0v) is 8.66. The number of aliphatic hydroxyl groups excluding tert-OH is 1. The summed E-state index contributed by atoms with van der Waals surface area (Å²) >= 11 is 0. The van der Waals surface area contributed by atoms with Crippen molar-refractivity contribution in [1.82, 2.24) is 5.32 Å². The maximum Gasteiger partial charge on any atom is 0.119 e. The summed E-state index contributed by atoms with van der Waals surface area (Å²) in [5.74, 6) is 0.822. The van der Waals surface area contributed by atoms with Crippen LogP contribution in [-0.2, 0) is 0 Å². The summed E-state index contributed by atoms with van der Waals surface area (Å²) in [4.78, 5) is 0. The standard InChI is InChI=1S/C11H17NO2/c1-11(8-13,12-2)9-14-10-6-4-3-5-7-10/h3-7,12-13H,8-9H2,1-2H3. The van der Waals surface area contributed by atoms with E-state index < -0.39 is 0 Å². The van der Waals surface area contributed by atoms with Crippen LogP contribution in [0, 0.1) is 0 Å². The lowest BCUT2D eigenvalue weighted by Crippen LogP contribution is -2.48. The summed E-state index contributed by atoms with van der Waals surface area (Å²) in [5.41, 5.74) is -0.379. The van der Waals surface area contributed by atoms with E-state index in [-0.39, 0.29) is 12.1 Å². The number of para-hydroxylation sites is 1. The van der Waals surface area contributed by atoms with Crippen LogP contribution in [0.1, 0.15) is 6.92 Å². The Labute approximate surface area is 84.7 Å². The summed E-state index contributed by atoms with van der Waals surface area (Å²) in [6.07, 6.45) is 0. The van der Waals surface area contributed by atoms with E-state index >= 15 is 0 Å². The average molecular weight is 195 g/mol. The predicted octanol–water partition coefficient (Wildman–Crippen LogP) is 1.04. The maximum atomic E-state index is 9.12. The Balaban J connectivity index is 2.48. The second-order valence-electron chi connectivity index (χ2n) is 3.57. The number of nitrogens with one attached hydrogen (secondary N) is 1. The van der Waals surface area contributed by atoms with Crippen LogP contribution in [0.15, 0.2) is 30.3 Å². The van der Waals surface area contributed by atoms with Gasteiger partial charge in [0.2, 0.25) is 0 Å². The van der Waals surface area contributed by atoms with Gasteiger partial charge in [0, 0.05) is 0 Å². The molecule has 0 aliphatic heterocycles. The molecule has 1 aromatic rings. The van der Waals surface area contributed by atoms with E-state index in [1.807, 2.05) is 44.3 Å². The van der Waals surface area contributed by atoms with Gasteiger partial charge in [-0.05, 0) is 26.1 Å². The van der Waals surface area contributed by atoms with Gasteiger partial charge >= 0.3 is 0 Å². The molecule has 0 radical (unpaired) electrons. The van der Waals surface area contributed by atoms with Crippen LogP contribution in [0.25, 0.3) is 0 Å². The molecule has 3 nitrogen and oxygen atoms in total. The van der Waals surface area contributed by atoms with Crippen LogP contribution >= 0.6 is 0 Å². The molecule has 14 heavy (non-hydrogen) atoms. The lowest BCUT2D eigenvalue weighted by Gasteiger charge is -2.26. The van der Waals surface area contributed by atoms with E-state index in [9.17, 15) is 0 Å². The number of hydrogen-bond donors (Lipinski definition) is 2. The largest absolute Gasteiger partial charge is 0.492 e. The summed E-state index contributed by atoms with van der Waals surface area (Å²) in [6.45, 7) is 2.41. The number of benzene rings is 1. The van der Waals surface area contributed by atoms with Crippen molar-refractivity contribution in [2.75, 3.05) is 20.3 Å². The minimum absolute atomic E-state index is 0.0519. The molecule has 0 saturated heterocycles. The molecule has 1 aromatic carbocycles. The van der Waals surface area contributed by atoms with E-state index in [4.69, 9.17) is 9.84 Å². The fraction of sp³-hybridized carbons (Fsp3) is 0.455. The Bertz CT molecular complexity index is 257. The maximum absolute atomic E-state index is 9.12. The quantitative estimate of drug-likeness (QED) is 0.737. The Morgan fingerprint density at radius 2 is 2.00 bits per heavy atom. The van der Waals surface area contributed by atoms with Crippen molar-refractivity contribution in [3.05, 3.63) is 30.3 Å². The highest BCUT2D eigenvalue weighted by Crippen LogP contribution is 2.11. The van der Waals surface area contributed by atoms with Crippen LogP contribution in [0.3, 0.4) is 0 Å². The summed E-state index contributed by atoms with van der Waals surface area (Å²) in [7, 11) is 1.81. The van der Waals surface area contributed by atoms with Crippen LogP contribution < -0.4 is 10.1 Å². The third-order valence-electron chi connectivity index (χ3n) is 2.25. The predicted molar refractivity (Wildman–Crippen MR) is 56.5 cm³/mol. The molecule has 0 aliphatic rings. The number of hydrogen-bond acceptors (Lipinski definition) is 3. The molecule has 0 aromatic heterocycles. The molecule has 0 aliphatic carbocycles. The monoisotopic (exact) mass is 195 g/mol. The normalized spacial score (nSPS) is 14.8. The topological polar surface area (TPSA) is 41.5 Å². The van der Waals surface area contributed by atoms with Crippen LogP contribution in [0.2, 0.25) is 0 Å². The fourth-order valence-electron chi connectivity index (χ4n) is 0.956. The zero-order chi connectivity index (χ0) is 10.4. The third-order valence-corrected chi connectivity index (χ3v) is 2.25. The molecule has 0 fully saturated rings. The van der Waals surface area contributed by atoms with Gasteiger partial charge in [0.05, 0.1) is 12.1 Å². The first-order valence-corrected chi connectivity index (χ1v) is 4.68. The number of ether oxygens (including phenoxy) is 1. The van der Waals surface area contributed by atoms with Gasteiger partial charge in [-0.1, -0.05) is 18.2 Å². The van der Waals surface area contributed by atoms with Crippen molar-refractivity contribution < 1.29 is 9.84 Å². The number of rotatable bonds is 5. The minimum Gasteiger partial charge on any atom is -0.492 e. The fourth-order valence-corrected chi connectivity index (χ4v) is 0.956. The SMILES string of the molecule is CNC(C)(CO)COc1ccccc1. The molecule has 1 atom stereocenters. The first-order valence-electron chi connectivity index (χ1n) is 4.68. The van der Waals surface area contributed by atoms with E-state index in [1.54, 1.807) is 0 Å². The van der Waals surface area contributed by atoms with Gasteiger partial charge in [-0.3, -0.25) is 0 Å². The van der Waals surface area contributed by atoms with Gasteiger partial charge in [0.1, 0.15) is 12.4 Å². The molecular weight excluding hydrogens is 178 g/mol. The lowest BCUT2D eigenvalue weighted by atomic mass is 10.1. The average Bonchev–Trinajstić information content (AvgIpc) is 2.27. The molecule has 3 heteroatoms. The van der Waals surface area contributed by atoms with Crippen molar-refractivity contribution in [1.29, 1.82) is 0 Å². The Morgan fingerprint density at radius 1 is 1.36 bits per heavy atom. The highest BCUT2D eigenvalue weighted by Gasteiger charge is 2.21. The highest BCUT2D eigenvalue weighted by molar-refractivity contribution is 5.21.